The summed E-state index contributed by atoms with van der Waals surface area (Å²) in [7, 11) is 1.41. The molecule has 1 atom stereocenters. The van der Waals surface area contributed by atoms with Crippen LogP contribution in [0.2, 0.25) is 0 Å². The molecule has 0 aliphatic carbocycles. The molecular weight excluding hydrogens is 322 g/mol. The lowest BCUT2D eigenvalue weighted by atomic mass is 9.85. The normalized spacial score (nSPS) is 23.4. The SMILES string of the molecule is CCCN1CCCC2(CCCN2C(=O)c2cc(=O)c(OC)c[nH]2)C1=O. The van der Waals surface area contributed by atoms with Crippen LogP contribution in [-0.4, -0.2) is 58.9 Å². The Labute approximate surface area is 147 Å². The fraction of sp³-hybridized carbons (Fsp3) is 0.611. The van der Waals surface area contributed by atoms with Gasteiger partial charge in [-0.3, -0.25) is 14.4 Å². The molecule has 25 heavy (non-hydrogen) atoms. The third kappa shape index (κ3) is 2.92. The summed E-state index contributed by atoms with van der Waals surface area (Å²) in [5.74, 6) is -0.0678. The Kier molecular flexibility index (Phi) is 4.83. The number of aromatic nitrogens is 1. The molecule has 2 aliphatic rings. The van der Waals surface area contributed by atoms with Gasteiger partial charge in [-0.1, -0.05) is 6.92 Å². The van der Waals surface area contributed by atoms with Gasteiger partial charge in [0.2, 0.25) is 11.3 Å². The zero-order valence-electron chi connectivity index (χ0n) is 14.8. The number of amides is 2. The van der Waals surface area contributed by atoms with Crippen LogP contribution >= 0.6 is 0 Å². The molecule has 7 nitrogen and oxygen atoms in total. The van der Waals surface area contributed by atoms with E-state index in [-0.39, 0.29) is 28.7 Å². The highest BCUT2D eigenvalue weighted by Gasteiger charge is 2.52. The highest BCUT2D eigenvalue weighted by molar-refractivity contribution is 5.99. The first-order valence-corrected chi connectivity index (χ1v) is 8.91. The molecule has 2 fully saturated rings. The zero-order chi connectivity index (χ0) is 18.0. The van der Waals surface area contributed by atoms with Crippen molar-refractivity contribution in [1.29, 1.82) is 0 Å². The Morgan fingerprint density at radius 3 is 2.64 bits per heavy atom. The van der Waals surface area contributed by atoms with Gasteiger partial charge in [0.05, 0.1) is 7.11 Å². The predicted octanol–water partition coefficient (Wildman–Crippen LogP) is 1.39. The van der Waals surface area contributed by atoms with Crippen molar-refractivity contribution in [3.63, 3.8) is 0 Å². The number of piperidine rings is 1. The zero-order valence-corrected chi connectivity index (χ0v) is 14.8. The van der Waals surface area contributed by atoms with Crippen LogP contribution in [0.5, 0.6) is 5.75 Å². The summed E-state index contributed by atoms with van der Waals surface area (Å²) >= 11 is 0. The number of ether oxygens (including phenoxy) is 1. The van der Waals surface area contributed by atoms with Crippen molar-refractivity contribution in [2.45, 2.75) is 44.6 Å². The van der Waals surface area contributed by atoms with Gasteiger partial charge in [0.25, 0.3) is 5.91 Å². The van der Waals surface area contributed by atoms with E-state index >= 15 is 0 Å². The summed E-state index contributed by atoms with van der Waals surface area (Å²) in [5.41, 5.74) is -0.894. The van der Waals surface area contributed by atoms with Crippen LogP contribution in [0.3, 0.4) is 0 Å². The van der Waals surface area contributed by atoms with Crippen LogP contribution in [0.15, 0.2) is 17.1 Å². The molecule has 7 heteroatoms. The second-order valence-electron chi connectivity index (χ2n) is 6.77. The van der Waals surface area contributed by atoms with E-state index in [1.54, 1.807) is 4.90 Å². The maximum Gasteiger partial charge on any atom is 0.271 e. The van der Waals surface area contributed by atoms with Crippen LogP contribution in [0, 0.1) is 0 Å². The Bertz CT molecular complexity index is 727. The minimum atomic E-state index is -0.749. The van der Waals surface area contributed by atoms with Gasteiger partial charge in [-0.15, -0.1) is 0 Å². The van der Waals surface area contributed by atoms with E-state index in [0.717, 1.165) is 32.4 Å². The first-order chi connectivity index (χ1) is 12.0. The fourth-order valence-electron chi connectivity index (χ4n) is 4.09. The molecule has 3 rings (SSSR count). The van der Waals surface area contributed by atoms with Crippen molar-refractivity contribution in [1.82, 2.24) is 14.8 Å². The standard InChI is InChI=1S/C18H25N3O4/c1-3-8-20-9-4-6-18(17(20)24)7-5-10-21(18)16(23)13-11-14(22)15(25-2)12-19-13/h11-12H,3-10H2,1-2H3,(H,19,22). The van der Waals surface area contributed by atoms with E-state index in [1.807, 2.05) is 11.8 Å². The van der Waals surface area contributed by atoms with Crippen molar-refractivity contribution in [2.75, 3.05) is 26.7 Å². The summed E-state index contributed by atoms with van der Waals surface area (Å²) in [5, 5.41) is 0. The van der Waals surface area contributed by atoms with Crippen LogP contribution in [-0.2, 0) is 4.79 Å². The highest BCUT2D eigenvalue weighted by atomic mass is 16.5. The van der Waals surface area contributed by atoms with Gasteiger partial charge < -0.3 is 19.5 Å². The van der Waals surface area contributed by atoms with Crippen LogP contribution in [0.4, 0.5) is 0 Å². The van der Waals surface area contributed by atoms with Crippen molar-refractivity contribution >= 4 is 11.8 Å². The van der Waals surface area contributed by atoms with Gasteiger partial charge in [-0.05, 0) is 32.1 Å². The summed E-state index contributed by atoms with van der Waals surface area (Å²) in [6, 6.07) is 1.25. The molecule has 1 aromatic heterocycles. The molecule has 0 radical (unpaired) electrons. The van der Waals surface area contributed by atoms with E-state index in [0.29, 0.717) is 19.4 Å². The lowest BCUT2D eigenvalue weighted by molar-refractivity contribution is -0.145. The Morgan fingerprint density at radius 1 is 1.28 bits per heavy atom. The maximum atomic E-state index is 13.1. The van der Waals surface area contributed by atoms with E-state index in [1.165, 1.54) is 19.4 Å². The molecule has 136 valence electrons. The second kappa shape index (κ2) is 6.90. The van der Waals surface area contributed by atoms with Crippen molar-refractivity contribution in [3.8, 4) is 5.75 Å². The van der Waals surface area contributed by atoms with Gasteiger partial charge in [0, 0.05) is 31.9 Å². The number of methoxy groups -OCH3 is 1. The van der Waals surface area contributed by atoms with Crippen molar-refractivity contribution in [3.05, 3.63) is 28.2 Å². The second-order valence-corrected chi connectivity index (χ2v) is 6.77. The molecule has 0 aromatic carbocycles. The van der Waals surface area contributed by atoms with Crippen LogP contribution < -0.4 is 10.2 Å². The molecule has 3 heterocycles. The molecule has 1 unspecified atom stereocenters. The average molecular weight is 347 g/mol. The number of pyridine rings is 1. The van der Waals surface area contributed by atoms with E-state index < -0.39 is 5.54 Å². The number of nitrogens with one attached hydrogen (secondary N) is 1. The summed E-state index contributed by atoms with van der Waals surface area (Å²) in [6.45, 7) is 4.07. The van der Waals surface area contributed by atoms with Crippen LogP contribution in [0.25, 0.3) is 0 Å². The topological polar surface area (TPSA) is 82.7 Å². The molecule has 0 saturated carbocycles. The first-order valence-electron chi connectivity index (χ1n) is 8.91. The van der Waals surface area contributed by atoms with Crippen molar-refractivity contribution in [2.24, 2.45) is 0 Å². The minimum Gasteiger partial charge on any atom is -0.491 e. The molecule has 2 aliphatic heterocycles. The summed E-state index contributed by atoms with van der Waals surface area (Å²) in [6.07, 6.45) is 5.38. The van der Waals surface area contributed by atoms with Gasteiger partial charge >= 0.3 is 0 Å². The average Bonchev–Trinajstić information content (AvgIpc) is 3.03. The smallest absolute Gasteiger partial charge is 0.271 e. The third-order valence-electron chi connectivity index (χ3n) is 5.26. The predicted molar refractivity (Wildman–Crippen MR) is 92.7 cm³/mol. The summed E-state index contributed by atoms with van der Waals surface area (Å²) < 4.78 is 4.94. The number of rotatable bonds is 4. The highest BCUT2D eigenvalue weighted by Crippen LogP contribution is 2.39. The summed E-state index contributed by atoms with van der Waals surface area (Å²) in [4.78, 5) is 44.5. The lowest BCUT2D eigenvalue weighted by Crippen LogP contribution is -2.61. The number of carbonyl (C=O) groups excluding carboxylic acids is 2. The molecular formula is C18H25N3O4. The minimum absolute atomic E-state index is 0.0577. The van der Waals surface area contributed by atoms with Crippen molar-refractivity contribution < 1.29 is 14.3 Å². The van der Waals surface area contributed by atoms with Gasteiger partial charge in [0.1, 0.15) is 11.2 Å². The third-order valence-corrected chi connectivity index (χ3v) is 5.26. The Morgan fingerprint density at radius 2 is 2.00 bits per heavy atom. The number of H-pyrrole nitrogens is 1. The van der Waals surface area contributed by atoms with E-state index in [9.17, 15) is 14.4 Å². The van der Waals surface area contributed by atoms with Crippen LogP contribution in [0.1, 0.15) is 49.5 Å². The molecule has 1 N–H and O–H groups in total. The lowest BCUT2D eigenvalue weighted by Gasteiger charge is -2.44. The monoisotopic (exact) mass is 347 g/mol. The van der Waals surface area contributed by atoms with E-state index in [4.69, 9.17) is 4.74 Å². The number of nitrogens with zero attached hydrogens (tertiary/aromatic N) is 2. The molecule has 2 amide bonds. The fourth-order valence-corrected chi connectivity index (χ4v) is 4.09. The van der Waals surface area contributed by atoms with E-state index in [2.05, 4.69) is 4.98 Å². The van der Waals surface area contributed by atoms with Gasteiger partial charge in [-0.2, -0.15) is 0 Å². The van der Waals surface area contributed by atoms with Gasteiger partial charge in [-0.25, -0.2) is 0 Å². The molecule has 1 aromatic rings. The maximum absolute atomic E-state index is 13.1. The Balaban J connectivity index is 1.90. The molecule has 2 saturated heterocycles. The number of carbonyl (C=O) groups is 2. The Hall–Kier alpha value is -2.31. The number of likely N-dealkylation sites (tertiary alicyclic amines) is 2. The number of hydrogen-bond acceptors (Lipinski definition) is 4. The quantitative estimate of drug-likeness (QED) is 0.892. The van der Waals surface area contributed by atoms with Gasteiger partial charge in [0.15, 0.2) is 5.75 Å². The number of aromatic amines is 1. The first kappa shape index (κ1) is 17.5. The molecule has 0 bridgehead atoms. The number of hydrogen-bond donors (Lipinski definition) is 1. The largest absolute Gasteiger partial charge is 0.491 e. The molecule has 1 spiro atoms.